The standard InChI is InChI=1S/C9H9ClN4O/c1-6-2-3-7(12-11-6)9-14-13-8(15-9)4-5-10/h2-3H,4-5H2,1H3. The van der Waals surface area contributed by atoms with E-state index in [1.54, 1.807) is 6.07 Å². The van der Waals surface area contributed by atoms with Crippen molar-refractivity contribution in [3.8, 4) is 11.6 Å². The van der Waals surface area contributed by atoms with E-state index in [9.17, 15) is 0 Å². The smallest absolute Gasteiger partial charge is 0.268 e. The van der Waals surface area contributed by atoms with Gasteiger partial charge in [-0.2, -0.15) is 5.10 Å². The first kappa shape index (κ1) is 10.0. The first-order valence-electron chi connectivity index (χ1n) is 4.48. The van der Waals surface area contributed by atoms with Gasteiger partial charge >= 0.3 is 0 Å². The molecule has 0 unspecified atom stereocenters. The first-order valence-corrected chi connectivity index (χ1v) is 5.02. The van der Waals surface area contributed by atoms with Crippen LogP contribution in [0.25, 0.3) is 11.6 Å². The van der Waals surface area contributed by atoms with E-state index in [2.05, 4.69) is 20.4 Å². The Hall–Kier alpha value is -1.49. The zero-order valence-electron chi connectivity index (χ0n) is 8.14. The lowest BCUT2D eigenvalue weighted by molar-refractivity contribution is 0.511. The summed E-state index contributed by atoms with van der Waals surface area (Å²) in [5.74, 6) is 1.35. The summed E-state index contributed by atoms with van der Waals surface area (Å²) in [6, 6.07) is 3.63. The molecule has 2 heterocycles. The third-order valence-corrected chi connectivity index (χ3v) is 1.98. The van der Waals surface area contributed by atoms with Crippen molar-refractivity contribution in [2.24, 2.45) is 0 Å². The summed E-state index contributed by atoms with van der Waals surface area (Å²) in [4.78, 5) is 0. The van der Waals surface area contributed by atoms with E-state index in [0.29, 0.717) is 29.8 Å². The largest absolute Gasteiger partial charge is 0.419 e. The van der Waals surface area contributed by atoms with Crippen LogP contribution in [-0.2, 0) is 6.42 Å². The summed E-state index contributed by atoms with van der Waals surface area (Å²) in [7, 11) is 0. The lowest BCUT2D eigenvalue weighted by Gasteiger charge is -1.92. The maximum atomic E-state index is 5.56. The summed E-state index contributed by atoms with van der Waals surface area (Å²) in [6.45, 7) is 1.86. The molecule has 0 aliphatic carbocycles. The molecule has 0 amide bonds. The van der Waals surface area contributed by atoms with Gasteiger partial charge in [0.25, 0.3) is 5.89 Å². The predicted octanol–water partition coefficient (Wildman–Crippen LogP) is 1.62. The van der Waals surface area contributed by atoms with E-state index in [0.717, 1.165) is 5.69 Å². The fraction of sp³-hybridized carbons (Fsp3) is 0.333. The van der Waals surface area contributed by atoms with E-state index in [-0.39, 0.29) is 0 Å². The summed E-state index contributed by atoms with van der Waals surface area (Å²) in [5.41, 5.74) is 1.42. The van der Waals surface area contributed by atoms with Gasteiger partial charge in [-0.05, 0) is 19.1 Å². The number of hydrogen-bond acceptors (Lipinski definition) is 5. The third kappa shape index (κ3) is 2.30. The lowest BCUT2D eigenvalue weighted by Crippen LogP contribution is -1.89. The van der Waals surface area contributed by atoms with Gasteiger partial charge in [-0.25, -0.2) is 0 Å². The van der Waals surface area contributed by atoms with Crippen LogP contribution in [-0.4, -0.2) is 26.3 Å². The second-order valence-electron chi connectivity index (χ2n) is 3.00. The highest BCUT2D eigenvalue weighted by atomic mass is 35.5. The number of halogens is 1. The van der Waals surface area contributed by atoms with E-state index in [1.807, 2.05) is 13.0 Å². The van der Waals surface area contributed by atoms with Crippen molar-refractivity contribution in [3.63, 3.8) is 0 Å². The molecule has 15 heavy (non-hydrogen) atoms. The first-order chi connectivity index (χ1) is 7.29. The molecule has 0 bridgehead atoms. The molecule has 0 aromatic carbocycles. The van der Waals surface area contributed by atoms with Crippen molar-refractivity contribution in [1.29, 1.82) is 0 Å². The Morgan fingerprint density at radius 3 is 2.73 bits per heavy atom. The quantitative estimate of drug-likeness (QED) is 0.742. The highest BCUT2D eigenvalue weighted by Crippen LogP contribution is 2.14. The molecule has 5 nitrogen and oxygen atoms in total. The monoisotopic (exact) mass is 224 g/mol. The lowest BCUT2D eigenvalue weighted by atomic mass is 10.3. The van der Waals surface area contributed by atoms with Gasteiger partial charge < -0.3 is 4.42 Å². The van der Waals surface area contributed by atoms with Crippen LogP contribution >= 0.6 is 11.6 Å². The summed E-state index contributed by atoms with van der Waals surface area (Å²) < 4.78 is 5.34. The molecule has 0 radical (unpaired) electrons. The summed E-state index contributed by atoms with van der Waals surface area (Å²) in [5, 5.41) is 15.5. The van der Waals surface area contributed by atoms with Gasteiger partial charge in [-0.1, -0.05) is 0 Å². The van der Waals surface area contributed by atoms with E-state index in [1.165, 1.54) is 0 Å². The molecule has 78 valence electrons. The average molecular weight is 225 g/mol. The highest BCUT2D eigenvalue weighted by molar-refractivity contribution is 6.17. The average Bonchev–Trinajstić information content (AvgIpc) is 2.68. The van der Waals surface area contributed by atoms with Crippen LogP contribution in [0.1, 0.15) is 11.6 Å². The molecule has 0 aliphatic rings. The molecule has 0 saturated carbocycles. The molecule has 0 aliphatic heterocycles. The van der Waals surface area contributed by atoms with Crippen molar-refractivity contribution >= 4 is 11.6 Å². The normalized spacial score (nSPS) is 10.5. The summed E-state index contributed by atoms with van der Waals surface area (Å²) >= 11 is 5.56. The molecule has 2 aromatic heterocycles. The van der Waals surface area contributed by atoms with Crippen molar-refractivity contribution in [3.05, 3.63) is 23.7 Å². The number of nitrogens with zero attached hydrogens (tertiary/aromatic N) is 4. The van der Waals surface area contributed by atoms with Crippen LogP contribution in [0.3, 0.4) is 0 Å². The topological polar surface area (TPSA) is 64.7 Å². The Bertz CT molecular complexity index is 440. The third-order valence-electron chi connectivity index (χ3n) is 1.79. The molecule has 2 rings (SSSR count). The van der Waals surface area contributed by atoms with Crippen LogP contribution in [0.4, 0.5) is 0 Å². The Kier molecular flexibility index (Phi) is 2.91. The molecular weight excluding hydrogens is 216 g/mol. The van der Waals surface area contributed by atoms with Crippen LogP contribution in [0.15, 0.2) is 16.5 Å². The molecule has 0 atom stereocenters. The van der Waals surface area contributed by atoms with E-state index >= 15 is 0 Å². The van der Waals surface area contributed by atoms with E-state index < -0.39 is 0 Å². The van der Waals surface area contributed by atoms with Crippen molar-refractivity contribution in [1.82, 2.24) is 20.4 Å². The van der Waals surface area contributed by atoms with Gasteiger partial charge in [-0.3, -0.25) is 0 Å². The number of aryl methyl sites for hydroxylation is 2. The van der Waals surface area contributed by atoms with Gasteiger partial charge in [0.2, 0.25) is 5.89 Å². The van der Waals surface area contributed by atoms with Crippen molar-refractivity contribution in [2.75, 3.05) is 5.88 Å². The van der Waals surface area contributed by atoms with Crippen molar-refractivity contribution < 1.29 is 4.42 Å². The Balaban J connectivity index is 2.25. The van der Waals surface area contributed by atoms with Gasteiger partial charge in [0.1, 0.15) is 5.69 Å². The Labute approximate surface area is 91.5 Å². The number of aromatic nitrogens is 4. The van der Waals surface area contributed by atoms with E-state index in [4.69, 9.17) is 16.0 Å². The summed E-state index contributed by atoms with van der Waals surface area (Å²) in [6.07, 6.45) is 0.563. The Morgan fingerprint density at radius 1 is 1.20 bits per heavy atom. The SMILES string of the molecule is Cc1ccc(-c2nnc(CCCl)o2)nn1. The minimum atomic E-state index is 0.377. The zero-order valence-corrected chi connectivity index (χ0v) is 8.90. The van der Waals surface area contributed by atoms with Gasteiger partial charge in [-0.15, -0.1) is 26.9 Å². The maximum Gasteiger partial charge on any atom is 0.268 e. The van der Waals surface area contributed by atoms with Crippen LogP contribution in [0, 0.1) is 6.92 Å². The minimum absolute atomic E-state index is 0.377. The molecule has 0 fully saturated rings. The predicted molar refractivity (Wildman–Crippen MR) is 54.5 cm³/mol. The fourth-order valence-corrected chi connectivity index (χ4v) is 1.21. The van der Waals surface area contributed by atoms with Gasteiger partial charge in [0.05, 0.1) is 5.69 Å². The molecule has 0 spiro atoms. The maximum absolute atomic E-state index is 5.56. The molecule has 6 heteroatoms. The van der Waals surface area contributed by atoms with Crippen LogP contribution in [0.5, 0.6) is 0 Å². The number of hydrogen-bond donors (Lipinski definition) is 0. The second-order valence-corrected chi connectivity index (χ2v) is 3.38. The Morgan fingerprint density at radius 2 is 2.07 bits per heavy atom. The van der Waals surface area contributed by atoms with Crippen LogP contribution in [0.2, 0.25) is 0 Å². The zero-order chi connectivity index (χ0) is 10.7. The number of rotatable bonds is 3. The fourth-order valence-electron chi connectivity index (χ4n) is 1.05. The minimum Gasteiger partial charge on any atom is -0.419 e. The van der Waals surface area contributed by atoms with Crippen molar-refractivity contribution in [2.45, 2.75) is 13.3 Å². The van der Waals surface area contributed by atoms with Gasteiger partial charge in [0.15, 0.2) is 0 Å². The molecular formula is C9H9ClN4O. The molecule has 2 aromatic rings. The van der Waals surface area contributed by atoms with Crippen LogP contribution < -0.4 is 0 Å². The highest BCUT2D eigenvalue weighted by Gasteiger charge is 2.09. The molecule has 0 N–H and O–H groups in total. The van der Waals surface area contributed by atoms with Gasteiger partial charge in [0, 0.05) is 12.3 Å². The second kappa shape index (κ2) is 4.35. The number of alkyl halides is 1. The molecule has 0 saturated heterocycles.